The number of unbranched alkanes of at least 4 members (excludes halogenated alkanes) is 1. The summed E-state index contributed by atoms with van der Waals surface area (Å²) >= 11 is 0. The van der Waals surface area contributed by atoms with E-state index in [0.29, 0.717) is 32.0 Å². The van der Waals surface area contributed by atoms with E-state index < -0.39 is 0 Å². The lowest BCUT2D eigenvalue weighted by Crippen LogP contribution is -2.50. The number of hydrogen-bond acceptors (Lipinski definition) is 10. The van der Waals surface area contributed by atoms with Gasteiger partial charge in [0.2, 0.25) is 11.9 Å². The van der Waals surface area contributed by atoms with Crippen molar-refractivity contribution in [3.05, 3.63) is 83.9 Å². The fraction of sp³-hybridized carbons (Fsp3) is 0.405. The second-order valence-corrected chi connectivity index (χ2v) is 12.5. The van der Waals surface area contributed by atoms with Crippen LogP contribution in [0.5, 0.6) is 0 Å². The van der Waals surface area contributed by atoms with Gasteiger partial charge in [-0.3, -0.25) is 14.5 Å². The summed E-state index contributed by atoms with van der Waals surface area (Å²) in [7, 11) is 1.39. The molecule has 4 heterocycles. The second-order valence-electron chi connectivity index (χ2n) is 12.5. The van der Waals surface area contributed by atoms with Crippen LogP contribution in [0.25, 0.3) is 21.9 Å². The van der Waals surface area contributed by atoms with Gasteiger partial charge in [-0.15, -0.1) is 0 Å². The molecule has 2 aromatic carbocycles. The smallest absolute Gasteiger partial charge is 0.309 e. The van der Waals surface area contributed by atoms with Crippen LogP contribution >= 0.6 is 0 Å². The number of esters is 1. The lowest BCUT2D eigenvalue weighted by atomic mass is 10.1. The molecule has 1 amide bonds. The van der Waals surface area contributed by atoms with Crippen LogP contribution in [0.3, 0.4) is 0 Å². The Morgan fingerprint density at radius 1 is 0.918 bits per heavy atom. The number of aryl methyl sites for hydroxylation is 2. The van der Waals surface area contributed by atoms with Crippen molar-refractivity contribution in [2.24, 2.45) is 0 Å². The van der Waals surface area contributed by atoms with Crippen molar-refractivity contribution in [1.82, 2.24) is 34.3 Å². The average Bonchev–Trinajstić information content (AvgIpc) is 3.50. The van der Waals surface area contributed by atoms with Crippen LogP contribution in [0.1, 0.15) is 43.1 Å². The topological polar surface area (TPSA) is 136 Å². The molecule has 1 aliphatic heterocycles. The molecule has 256 valence electrons. The van der Waals surface area contributed by atoms with Crippen molar-refractivity contribution in [2.75, 3.05) is 57.0 Å². The minimum atomic E-state index is -0.279. The highest BCUT2D eigenvalue weighted by Crippen LogP contribution is 2.29. The fourth-order valence-corrected chi connectivity index (χ4v) is 6.46. The zero-order valence-corrected chi connectivity index (χ0v) is 28.4. The Morgan fingerprint density at radius 3 is 2.39 bits per heavy atom. The summed E-state index contributed by atoms with van der Waals surface area (Å²) in [6.07, 6.45) is 7.40. The number of anilines is 2. The molecular weight excluding hydrogens is 618 g/mol. The summed E-state index contributed by atoms with van der Waals surface area (Å²) in [6.45, 7) is 7.30. The van der Waals surface area contributed by atoms with E-state index in [0.717, 1.165) is 96.7 Å². The van der Waals surface area contributed by atoms with E-state index in [1.807, 2.05) is 53.4 Å². The third-order valence-electron chi connectivity index (χ3n) is 9.14. The normalized spacial score (nSPS) is 13.6. The second kappa shape index (κ2) is 15.9. The molecule has 3 aromatic heterocycles. The van der Waals surface area contributed by atoms with Gasteiger partial charge in [0.15, 0.2) is 5.82 Å². The van der Waals surface area contributed by atoms with Gasteiger partial charge < -0.3 is 24.8 Å². The third-order valence-corrected chi connectivity index (χ3v) is 9.14. The molecule has 12 nitrogen and oxygen atoms in total. The molecule has 12 heteroatoms. The number of benzene rings is 2. The molecule has 5 aromatic rings. The number of fused-ring (bicyclic) bond motifs is 3. The number of imidazole rings is 1. The lowest BCUT2D eigenvalue weighted by Gasteiger charge is -2.35. The molecule has 2 N–H and O–H groups in total. The number of ether oxygens (including phenoxy) is 1. The molecule has 0 saturated carbocycles. The Morgan fingerprint density at radius 2 is 1.65 bits per heavy atom. The predicted octanol–water partition coefficient (Wildman–Crippen LogP) is 4.26. The van der Waals surface area contributed by atoms with Gasteiger partial charge in [-0.25, -0.2) is 19.9 Å². The van der Waals surface area contributed by atoms with E-state index >= 15 is 0 Å². The van der Waals surface area contributed by atoms with Gasteiger partial charge >= 0.3 is 5.97 Å². The van der Waals surface area contributed by atoms with Crippen LogP contribution in [-0.4, -0.2) is 92.6 Å². The molecule has 0 bridgehead atoms. The van der Waals surface area contributed by atoms with Crippen molar-refractivity contribution < 1.29 is 14.3 Å². The Bertz CT molecular complexity index is 1870. The number of nitrogens with two attached hydrogens (primary N) is 1. The van der Waals surface area contributed by atoms with Gasteiger partial charge in [-0.1, -0.05) is 55.8 Å². The highest BCUT2D eigenvalue weighted by atomic mass is 16.5. The Hall–Kier alpha value is -5.10. The van der Waals surface area contributed by atoms with E-state index in [1.165, 1.54) is 7.11 Å². The Balaban J connectivity index is 1.19. The summed E-state index contributed by atoms with van der Waals surface area (Å²) in [6, 6.07) is 17.7. The molecule has 1 fully saturated rings. The monoisotopic (exact) mass is 663 g/mol. The molecule has 0 spiro atoms. The number of carbonyl (C=O) groups is 2. The van der Waals surface area contributed by atoms with Gasteiger partial charge in [0, 0.05) is 70.0 Å². The molecule has 0 unspecified atom stereocenters. The summed E-state index contributed by atoms with van der Waals surface area (Å²) in [5, 5.41) is 1.03. The molecule has 1 aliphatic rings. The molecule has 6 rings (SSSR count). The van der Waals surface area contributed by atoms with Crippen molar-refractivity contribution >= 4 is 45.6 Å². The maximum atomic E-state index is 14.0. The molecule has 0 radical (unpaired) electrons. The highest BCUT2D eigenvalue weighted by Gasteiger charge is 2.24. The highest BCUT2D eigenvalue weighted by molar-refractivity contribution is 6.06. The number of amides is 1. The van der Waals surface area contributed by atoms with Gasteiger partial charge in [-0.05, 0) is 36.1 Å². The molecule has 0 atom stereocenters. The zero-order chi connectivity index (χ0) is 34.2. The van der Waals surface area contributed by atoms with Crippen LogP contribution in [0.15, 0.2) is 67.0 Å². The number of piperazine rings is 1. The van der Waals surface area contributed by atoms with Crippen LogP contribution in [0.4, 0.5) is 11.8 Å². The zero-order valence-electron chi connectivity index (χ0n) is 28.4. The first kappa shape index (κ1) is 33.8. The largest absolute Gasteiger partial charge is 0.469 e. The van der Waals surface area contributed by atoms with Gasteiger partial charge in [0.05, 0.1) is 31.1 Å². The summed E-state index contributed by atoms with van der Waals surface area (Å²) in [5.41, 5.74) is 10.9. The number of carbonyl (C=O) groups excluding carboxylic acids is 2. The van der Waals surface area contributed by atoms with Gasteiger partial charge in [0.25, 0.3) is 0 Å². The van der Waals surface area contributed by atoms with Crippen molar-refractivity contribution in [3.8, 4) is 0 Å². The average molecular weight is 664 g/mol. The maximum Gasteiger partial charge on any atom is 0.309 e. The standard InChI is InChI=1S/C37H45N9O3/c1-3-4-11-31-42-34-35(29-9-5-6-10-30(29)41-36(34)38)46(31)19-8-18-45(25-28-14-12-27(13-15-28)24-33(48)49-2)32(47)26-43-20-22-44(23-21-43)37-39-16-7-17-40-37/h5-7,9-10,12-17H,3-4,8,11,18-26H2,1-2H3,(H2,38,41). The predicted molar refractivity (Wildman–Crippen MR) is 191 cm³/mol. The number of rotatable bonds is 14. The summed E-state index contributed by atoms with van der Waals surface area (Å²) in [4.78, 5) is 50.5. The first-order chi connectivity index (χ1) is 23.9. The quantitative estimate of drug-likeness (QED) is 0.172. The number of para-hydroxylation sites is 1. The number of methoxy groups -OCH3 is 1. The van der Waals surface area contributed by atoms with Crippen molar-refractivity contribution in [2.45, 2.75) is 52.1 Å². The molecule has 0 aliphatic carbocycles. The van der Waals surface area contributed by atoms with E-state index in [9.17, 15) is 9.59 Å². The van der Waals surface area contributed by atoms with Gasteiger partial charge in [0.1, 0.15) is 11.3 Å². The minimum absolute atomic E-state index is 0.0867. The first-order valence-electron chi connectivity index (χ1n) is 17.1. The van der Waals surface area contributed by atoms with Crippen LogP contribution in [-0.2, 0) is 40.3 Å². The first-order valence-corrected chi connectivity index (χ1v) is 17.1. The fourth-order valence-electron chi connectivity index (χ4n) is 6.46. The van der Waals surface area contributed by atoms with Crippen LogP contribution in [0.2, 0.25) is 0 Å². The number of nitrogen functional groups attached to an aromatic ring is 1. The maximum absolute atomic E-state index is 14.0. The van der Waals surface area contributed by atoms with Crippen molar-refractivity contribution in [1.29, 1.82) is 0 Å². The number of aromatic nitrogens is 5. The third kappa shape index (κ3) is 8.14. The van der Waals surface area contributed by atoms with E-state index in [1.54, 1.807) is 12.4 Å². The minimum Gasteiger partial charge on any atom is -0.469 e. The SMILES string of the molecule is CCCCc1nc2c(N)nc3ccccc3c2n1CCCN(Cc1ccc(CC(=O)OC)cc1)C(=O)CN1CCN(c2ncccn2)CC1. The van der Waals surface area contributed by atoms with Crippen LogP contribution < -0.4 is 10.6 Å². The Kier molecular flexibility index (Phi) is 10.9. The summed E-state index contributed by atoms with van der Waals surface area (Å²) in [5.74, 6) is 1.97. The molecule has 49 heavy (non-hydrogen) atoms. The van der Waals surface area contributed by atoms with Crippen molar-refractivity contribution in [3.63, 3.8) is 0 Å². The molecule has 1 saturated heterocycles. The summed E-state index contributed by atoms with van der Waals surface area (Å²) < 4.78 is 7.12. The van der Waals surface area contributed by atoms with E-state index in [-0.39, 0.29) is 18.3 Å². The number of hydrogen-bond donors (Lipinski definition) is 1. The Labute approximate surface area is 286 Å². The van der Waals surface area contributed by atoms with E-state index in [2.05, 4.69) is 42.3 Å². The van der Waals surface area contributed by atoms with E-state index in [4.69, 9.17) is 15.5 Å². The number of nitrogens with zero attached hydrogens (tertiary/aromatic N) is 8. The van der Waals surface area contributed by atoms with Crippen LogP contribution in [0, 0.1) is 0 Å². The van der Waals surface area contributed by atoms with Gasteiger partial charge in [-0.2, -0.15) is 0 Å². The lowest BCUT2D eigenvalue weighted by molar-refractivity contribution is -0.139. The number of pyridine rings is 1. The molecular formula is C37H45N9O3.